The summed E-state index contributed by atoms with van der Waals surface area (Å²) in [5.74, 6) is -0.876. The second kappa shape index (κ2) is 9.99. The van der Waals surface area contributed by atoms with Crippen LogP contribution in [-0.4, -0.2) is 21.9 Å². The maximum Gasteiger partial charge on any atom is 0.273 e. The normalized spacial score (nSPS) is 10.2. The highest BCUT2D eigenvalue weighted by Crippen LogP contribution is 2.19. The number of carbonyl (C=O) groups is 2. The number of nitrogens with one attached hydrogen (secondary N) is 3. The second-order valence-corrected chi connectivity index (χ2v) is 7.55. The SMILES string of the molecule is Cc1ccc(C(=O)NC(=S)Nc2ccc(NC(=O)c3cccc(Cl)c3)cc2)cc1[N+](=O)[O-]. The van der Waals surface area contributed by atoms with Gasteiger partial charge in [-0.2, -0.15) is 0 Å². The third-order valence-corrected chi connectivity index (χ3v) is 4.82. The second-order valence-electron chi connectivity index (χ2n) is 6.71. The molecule has 3 aromatic carbocycles. The van der Waals surface area contributed by atoms with Crippen molar-refractivity contribution >= 4 is 57.8 Å². The smallest absolute Gasteiger partial charge is 0.273 e. The molecular formula is C22H17ClN4O4S. The van der Waals surface area contributed by atoms with Crippen molar-refractivity contribution in [2.45, 2.75) is 6.92 Å². The fourth-order valence-electron chi connectivity index (χ4n) is 2.75. The number of benzene rings is 3. The van der Waals surface area contributed by atoms with Crippen LogP contribution in [0.1, 0.15) is 26.3 Å². The zero-order valence-corrected chi connectivity index (χ0v) is 18.3. The molecule has 0 spiro atoms. The van der Waals surface area contributed by atoms with Crippen LogP contribution < -0.4 is 16.0 Å². The summed E-state index contributed by atoms with van der Waals surface area (Å²) < 4.78 is 0. The molecule has 0 aliphatic carbocycles. The molecule has 0 heterocycles. The summed E-state index contributed by atoms with van der Waals surface area (Å²) in [5.41, 5.74) is 1.99. The maximum atomic E-state index is 12.3. The third kappa shape index (κ3) is 5.87. The fraction of sp³-hybridized carbons (Fsp3) is 0.0455. The Kier molecular flexibility index (Phi) is 7.14. The van der Waals surface area contributed by atoms with Gasteiger partial charge in [-0.3, -0.25) is 25.0 Å². The minimum absolute atomic E-state index is 0.0222. The van der Waals surface area contributed by atoms with E-state index < -0.39 is 10.8 Å². The van der Waals surface area contributed by atoms with Crippen LogP contribution in [0.25, 0.3) is 0 Å². The predicted octanol–water partition coefficient (Wildman–Crippen LogP) is 4.94. The lowest BCUT2D eigenvalue weighted by Crippen LogP contribution is -2.34. The fourth-order valence-corrected chi connectivity index (χ4v) is 3.16. The number of rotatable bonds is 5. The van der Waals surface area contributed by atoms with Gasteiger partial charge in [-0.05, 0) is 67.7 Å². The van der Waals surface area contributed by atoms with E-state index in [1.807, 2.05) is 0 Å². The monoisotopic (exact) mass is 468 g/mol. The van der Waals surface area contributed by atoms with Gasteiger partial charge >= 0.3 is 0 Å². The molecule has 0 saturated heterocycles. The first-order valence-corrected chi connectivity index (χ1v) is 10.1. The lowest BCUT2D eigenvalue weighted by atomic mass is 10.1. The number of nitrogens with zero attached hydrogens (tertiary/aromatic N) is 1. The molecule has 0 aliphatic heterocycles. The van der Waals surface area contributed by atoms with E-state index in [1.165, 1.54) is 18.2 Å². The summed E-state index contributed by atoms with van der Waals surface area (Å²) in [4.78, 5) is 35.1. The van der Waals surface area contributed by atoms with Crippen LogP contribution in [0, 0.1) is 17.0 Å². The van der Waals surface area contributed by atoms with Crippen molar-refractivity contribution in [1.29, 1.82) is 0 Å². The molecule has 0 radical (unpaired) electrons. The maximum absolute atomic E-state index is 12.3. The Bertz CT molecular complexity index is 1210. The number of hydrogen-bond acceptors (Lipinski definition) is 5. The molecule has 32 heavy (non-hydrogen) atoms. The topological polar surface area (TPSA) is 113 Å². The highest BCUT2D eigenvalue weighted by atomic mass is 35.5. The van der Waals surface area contributed by atoms with Crippen molar-refractivity contribution in [3.63, 3.8) is 0 Å². The molecule has 3 N–H and O–H groups in total. The van der Waals surface area contributed by atoms with Gasteiger partial charge in [0.05, 0.1) is 4.92 Å². The van der Waals surface area contributed by atoms with Crippen LogP contribution >= 0.6 is 23.8 Å². The van der Waals surface area contributed by atoms with E-state index in [1.54, 1.807) is 55.5 Å². The number of anilines is 2. The zero-order chi connectivity index (χ0) is 23.3. The van der Waals surface area contributed by atoms with Gasteiger partial charge in [0.15, 0.2) is 5.11 Å². The lowest BCUT2D eigenvalue weighted by Gasteiger charge is -2.11. The lowest BCUT2D eigenvalue weighted by molar-refractivity contribution is -0.385. The molecule has 8 nitrogen and oxygen atoms in total. The molecule has 0 fully saturated rings. The van der Waals surface area contributed by atoms with Gasteiger partial charge in [0.2, 0.25) is 0 Å². The number of aryl methyl sites for hydroxylation is 1. The Morgan fingerprint density at radius 2 is 1.53 bits per heavy atom. The molecule has 0 aromatic heterocycles. The quantitative estimate of drug-likeness (QED) is 0.278. The van der Waals surface area contributed by atoms with E-state index in [2.05, 4.69) is 16.0 Å². The average Bonchev–Trinajstić information content (AvgIpc) is 2.75. The molecule has 3 aromatic rings. The highest BCUT2D eigenvalue weighted by molar-refractivity contribution is 7.80. The molecule has 10 heteroatoms. The molecule has 0 unspecified atom stereocenters. The van der Waals surface area contributed by atoms with Crippen LogP contribution in [0.2, 0.25) is 5.02 Å². The Labute approximate surface area is 193 Å². The molecule has 0 atom stereocenters. The molecule has 0 aliphatic rings. The summed E-state index contributed by atoms with van der Waals surface area (Å²) in [6, 6.07) is 17.4. The Morgan fingerprint density at radius 1 is 0.906 bits per heavy atom. The largest absolute Gasteiger partial charge is 0.332 e. The van der Waals surface area contributed by atoms with Gasteiger partial charge in [0, 0.05) is 39.2 Å². The van der Waals surface area contributed by atoms with Crippen molar-refractivity contribution < 1.29 is 14.5 Å². The van der Waals surface area contributed by atoms with Crippen molar-refractivity contribution in [3.8, 4) is 0 Å². The molecular weight excluding hydrogens is 452 g/mol. The number of nitro groups is 1. The first-order valence-electron chi connectivity index (χ1n) is 9.27. The Hall–Kier alpha value is -3.82. The standard InChI is InChI=1S/C22H17ClN4O4S/c1-13-5-6-15(12-19(13)27(30)31)21(29)26-22(32)25-18-9-7-17(8-10-18)24-20(28)14-3-2-4-16(23)11-14/h2-12H,1H3,(H,24,28)(H2,25,26,29,32). The summed E-state index contributed by atoms with van der Waals surface area (Å²) in [6.45, 7) is 1.59. The van der Waals surface area contributed by atoms with Crippen molar-refractivity contribution in [3.05, 3.63) is 98.6 Å². The average molecular weight is 469 g/mol. The van der Waals surface area contributed by atoms with E-state index in [0.29, 0.717) is 27.5 Å². The zero-order valence-electron chi connectivity index (χ0n) is 16.7. The van der Waals surface area contributed by atoms with Crippen LogP contribution in [0.5, 0.6) is 0 Å². The number of nitro benzene ring substituents is 1. The molecule has 3 rings (SSSR count). The van der Waals surface area contributed by atoms with Crippen LogP contribution in [0.4, 0.5) is 17.1 Å². The summed E-state index contributed by atoms with van der Waals surface area (Å²) >= 11 is 11.0. The van der Waals surface area contributed by atoms with Crippen LogP contribution in [0.3, 0.4) is 0 Å². The van der Waals surface area contributed by atoms with E-state index in [0.717, 1.165) is 0 Å². The number of halogens is 1. The Balaban J connectivity index is 1.59. The molecule has 0 bridgehead atoms. The van der Waals surface area contributed by atoms with Crippen molar-refractivity contribution in [1.82, 2.24) is 5.32 Å². The minimum Gasteiger partial charge on any atom is -0.332 e. The number of amides is 2. The van der Waals surface area contributed by atoms with Gasteiger partial charge in [-0.15, -0.1) is 0 Å². The highest BCUT2D eigenvalue weighted by Gasteiger charge is 2.16. The van der Waals surface area contributed by atoms with Crippen molar-refractivity contribution in [2.75, 3.05) is 10.6 Å². The van der Waals surface area contributed by atoms with Crippen LogP contribution in [0.15, 0.2) is 66.7 Å². The van der Waals surface area contributed by atoms with Gasteiger partial charge in [0.25, 0.3) is 17.5 Å². The van der Waals surface area contributed by atoms with E-state index in [4.69, 9.17) is 23.8 Å². The number of hydrogen-bond donors (Lipinski definition) is 3. The van der Waals surface area contributed by atoms with Crippen LogP contribution in [-0.2, 0) is 0 Å². The Morgan fingerprint density at radius 3 is 2.16 bits per heavy atom. The first-order chi connectivity index (χ1) is 15.2. The molecule has 0 saturated carbocycles. The van der Waals surface area contributed by atoms with Gasteiger partial charge < -0.3 is 10.6 Å². The van der Waals surface area contributed by atoms with E-state index >= 15 is 0 Å². The minimum atomic E-state index is -0.573. The van der Waals surface area contributed by atoms with Crippen molar-refractivity contribution in [2.24, 2.45) is 0 Å². The summed E-state index contributed by atoms with van der Waals surface area (Å²) in [7, 11) is 0. The third-order valence-electron chi connectivity index (χ3n) is 4.38. The van der Waals surface area contributed by atoms with E-state index in [-0.39, 0.29) is 22.3 Å². The summed E-state index contributed by atoms with van der Waals surface area (Å²) in [6.07, 6.45) is 0. The molecule has 2 amide bonds. The van der Waals surface area contributed by atoms with E-state index in [9.17, 15) is 19.7 Å². The van der Waals surface area contributed by atoms with Gasteiger partial charge in [0.1, 0.15) is 0 Å². The first kappa shape index (κ1) is 22.9. The predicted molar refractivity (Wildman–Crippen MR) is 127 cm³/mol. The number of thiocarbonyl (C=S) groups is 1. The molecule has 162 valence electrons. The number of carbonyl (C=O) groups excluding carboxylic acids is 2. The van der Waals surface area contributed by atoms with Gasteiger partial charge in [-0.1, -0.05) is 23.7 Å². The summed E-state index contributed by atoms with van der Waals surface area (Å²) in [5, 5.41) is 19.6. The van der Waals surface area contributed by atoms with Gasteiger partial charge in [-0.25, -0.2) is 0 Å².